The SMILES string of the molecule is NCCC1CCCCC1[B]C(=O)c1ccc(=O)[nH]c1. The molecule has 2 atom stereocenters. The van der Waals surface area contributed by atoms with Crippen molar-refractivity contribution >= 4 is 13.0 Å². The van der Waals surface area contributed by atoms with Crippen LogP contribution in [0.2, 0.25) is 5.82 Å². The summed E-state index contributed by atoms with van der Waals surface area (Å²) >= 11 is 0. The molecule has 1 aromatic heterocycles. The van der Waals surface area contributed by atoms with Gasteiger partial charge in [0.25, 0.3) is 0 Å². The first-order valence-corrected chi connectivity index (χ1v) is 6.98. The van der Waals surface area contributed by atoms with E-state index < -0.39 is 0 Å². The maximum Gasteiger partial charge on any atom is 0.247 e. The molecule has 1 aliphatic rings. The quantitative estimate of drug-likeness (QED) is 0.787. The summed E-state index contributed by atoms with van der Waals surface area (Å²) in [5.41, 5.74) is 6.01. The van der Waals surface area contributed by atoms with Crippen LogP contribution in [-0.4, -0.2) is 24.5 Å². The zero-order chi connectivity index (χ0) is 13.7. The van der Waals surface area contributed by atoms with E-state index in [1.807, 2.05) is 7.28 Å². The van der Waals surface area contributed by atoms with Gasteiger partial charge in [0.05, 0.1) is 0 Å². The van der Waals surface area contributed by atoms with Gasteiger partial charge >= 0.3 is 0 Å². The number of rotatable bonds is 5. The van der Waals surface area contributed by atoms with Crippen molar-refractivity contribution in [2.75, 3.05) is 6.54 Å². The van der Waals surface area contributed by atoms with Crippen LogP contribution in [0.3, 0.4) is 0 Å². The molecule has 1 radical (unpaired) electrons. The van der Waals surface area contributed by atoms with Crippen molar-refractivity contribution in [1.82, 2.24) is 4.98 Å². The molecule has 19 heavy (non-hydrogen) atoms. The fourth-order valence-electron chi connectivity index (χ4n) is 2.88. The van der Waals surface area contributed by atoms with Crippen molar-refractivity contribution in [2.24, 2.45) is 11.7 Å². The van der Waals surface area contributed by atoms with E-state index >= 15 is 0 Å². The van der Waals surface area contributed by atoms with Crippen molar-refractivity contribution in [3.8, 4) is 0 Å². The Morgan fingerprint density at radius 2 is 2.16 bits per heavy atom. The number of hydrogen-bond acceptors (Lipinski definition) is 3. The van der Waals surface area contributed by atoms with Crippen LogP contribution >= 0.6 is 0 Å². The van der Waals surface area contributed by atoms with E-state index in [2.05, 4.69) is 4.98 Å². The summed E-state index contributed by atoms with van der Waals surface area (Å²) in [5, 5.41) is 0. The number of nitrogens with one attached hydrogen (secondary N) is 1. The molecule has 1 fully saturated rings. The predicted octanol–water partition coefficient (Wildman–Crippen LogP) is 1.55. The van der Waals surface area contributed by atoms with E-state index in [0.29, 0.717) is 23.8 Å². The summed E-state index contributed by atoms with van der Waals surface area (Å²) in [7, 11) is 1.83. The molecule has 0 aliphatic heterocycles. The monoisotopic (exact) mass is 259 g/mol. The molecule has 0 spiro atoms. The molecule has 2 rings (SSSR count). The third-order valence-corrected chi connectivity index (χ3v) is 3.94. The van der Waals surface area contributed by atoms with Gasteiger partial charge < -0.3 is 15.5 Å². The minimum absolute atomic E-state index is 0.00479. The second-order valence-corrected chi connectivity index (χ2v) is 5.26. The van der Waals surface area contributed by atoms with Crippen LogP contribution in [0.5, 0.6) is 0 Å². The van der Waals surface area contributed by atoms with Crippen LogP contribution < -0.4 is 11.3 Å². The molecule has 3 N–H and O–H groups in total. The summed E-state index contributed by atoms with van der Waals surface area (Å²) < 4.78 is 0. The molecule has 101 valence electrons. The fraction of sp³-hybridized carbons (Fsp3) is 0.571. The van der Waals surface area contributed by atoms with Crippen LogP contribution in [0.15, 0.2) is 23.1 Å². The minimum Gasteiger partial charge on any atom is -0.330 e. The van der Waals surface area contributed by atoms with Crippen molar-refractivity contribution in [3.05, 3.63) is 34.2 Å². The largest absolute Gasteiger partial charge is 0.330 e. The second kappa shape index (κ2) is 6.71. The Morgan fingerprint density at radius 1 is 1.37 bits per heavy atom. The highest BCUT2D eigenvalue weighted by Crippen LogP contribution is 2.36. The van der Waals surface area contributed by atoms with Crippen molar-refractivity contribution < 1.29 is 4.79 Å². The van der Waals surface area contributed by atoms with Gasteiger partial charge in [0.15, 0.2) is 0 Å². The number of hydrogen-bond donors (Lipinski definition) is 2. The fourth-order valence-corrected chi connectivity index (χ4v) is 2.88. The number of H-pyrrole nitrogens is 1. The molecule has 1 aliphatic carbocycles. The second-order valence-electron chi connectivity index (χ2n) is 5.26. The van der Waals surface area contributed by atoms with Crippen LogP contribution in [0.1, 0.15) is 42.5 Å². The highest BCUT2D eigenvalue weighted by Gasteiger charge is 2.27. The van der Waals surface area contributed by atoms with Crippen molar-refractivity contribution in [1.29, 1.82) is 0 Å². The summed E-state index contributed by atoms with van der Waals surface area (Å²) in [4.78, 5) is 25.7. The summed E-state index contributed by atoms with van der Waals surface area (Å²) in [5.74, 6) is 0.863. The molecule has 0 saturated heterocycles. The zero-order valence-corrected chi connectivity index (χ0v) is 11.1. The Labute approximate surface area is 114 Å². The van der Waals surface area contributed by atoms with Gasteiger partial charge in [-0.05, 0) is 24.9 Å². The van der Waals surface area contributed by atoms with Crippen molar-refractivity contribution in [3.63, 3.8) is 0 Å². The molecule has 4 nitrogen and oxygen atoms in total. The van der Waals surface area contributed by atoms with E-state index in [1.54, 1.807) is 6.07 Å². The molecule has 0 aromatic carbocycles. The zero-order valence-electron chi connectivity index (χ0n) is 11.1. The number of aromatic amines is 1. The topological polar surface area (TPSA) is 76.0 Å². The van der Waals surface area contributed by atoms with Gasteiger partial charge in [-0.1, -0.05) is 31.5 Å². The molecular formula is C14H20BN2O2. The predicted molar refractivity (Wildman–Crippen MR) is 76.5 cm³/mol. The Morgan fingerprint density at radius 3 is 2.84 bits per heavy atom. The normalized spacial score (nSPS) is 23.0. The van der Waals surface area contributed by atoms with E-state index in [0.717, 1.165) is 19.3 Å². The summed E-state index contributed by atoms with van der Waals surface area (Å²) in [6.07, 6.45) is 7.13. The standard InChI is InChI=1S/C14H20BN2O2/c16-8-7-10-3-1-2-4-12(10)15-14(19)11-5-6-13(18)17-9-11/h5-6,9-10,12H,1-4,7-8,16H2,(H,17,18). The Hall–Kier alpha value is -1.36. The van der Waals surface area contributed by atoms with Gasteiger partial charge in [-0.2, -0.15) is 0 Å². The third kappa shape index (κ3) is 3.80. The average molecular weight is 259 g/mol. The van der Waals surface area contributed by atoms with Gasteiger partial charge in [0, 0.05) is 17.8 Å². The molecule has 0 amide bonds. The van der Waals surface area contributed by atoms with Crippen LogP contribution in [0.4, 0.5) is 0 Å². The number of pyridine rings is 1. The Balaban J connectivity index is 2.00. The first kappa shape index (κ1) is 14.1. The lowest BCUT2D eigenvalue weighted by atomic mass is 9.51. The number of nitrogens with two attached hydrogens (primary N) is 1. The van der Waals surface area contributed by atoms with E-state index in [4.69, 9.17) is 5.73 Å². The molecule has 5 heteroatoms. The van der Waals surface area contributed by atoms with Gasteiger partial charge in [0.1, 0.15) is 5.68 Å². The minimum atomic E-state index is -0.185. The third-order valence-electron chi connectivity index (χ3n) is 3.94. The van der Waals surface area contributed by atoms with E-state index in [9.17, 15) is 9.59 Å². The average Bonchev–Trinajstić information content (AvgIpc) is 2.42. The Kier molecular flexibility index (Phi) is 4.96. The number of carbonyl (C=O) groups excluding carboxylic acids is 1. The van der Waals surface area contributed by atoms with Gasteiger partial charge in [-0.25, -0.2) is 0 Å². The van der Waals surface area contributed by atoms with Gasteiger partial charge in [-0.15, -0.1) is 0 Å². The molecular weight excluding hydrogens is 239 g/mol. The van der Waals surface area contributed by atoms with Gasteiger partial charge in [-0.3, -0.25) is 4.79 Å². The van der Waals surface area contributed by atoms with Crippen LogP contribution in [0.25, 0.3) is 0 Å². The maximum atomic E-state index is 12.2. The lowest BCUT2D eigenvalue weighted by Gasteiger charge is -2.30. The lowest BCUT2D eigenvalue weighted by molar-refractivity contribution is 0.107. The first-order valence-electron chi connectivity index (χ1n) is 6.98. The Bertz CT molecular complexity index is 464. The molecule has 0 bridgehead atoms. The number of aromatic nitrogens is 1. The lowest BCUT2D eigenvalue weighted by Crippen LogP contribution is -2.27. The summed E-state index contributed by atoms with van der Waals surface area (Å²) in [6, 6.07) is 2.97. The smallest absolute Gasteiger partial charge is 0.247 e. The maximum absolute atomic E-state index is 12.2. The highest BCUT2D eigenvalue weighted by molar-refractivity contribution is 6.78. The molecule has 2 unspecified atom stereocenters. The highest BCUT2D eigenvalue weighted by atomic mass is 16.1. The van der Waals surface area contributed by atoms with Gasteiger partial charge in [0.2, 0.25) is 12.8 Å². The van der Waals surface area contributed by atoms with E-state index in [1.165, 1.54) is 25.1 Å². The van der Waals surface area contributed by atoms with Crippen LogP contribution in [-0.2, 0) is 0 Å². The first-order chi connectivity index (χ1) is 9.20. The van der Waals surface area contributed by atoms with Crippen LogP contribution in [0, 0.1) is 5.92 Å². The van der Waals surface area contributed by atoms with Crippen molar-refractivity contribution in [2.45, 2.75) is 37.9 Å². The summed E-state index contributed by atoms with van der Waals surface area (Å²) in [6.45, 7) is 0.682. The molecule has 1 saturated carbocycles. The number of carbonyl (C=O) groups is 1. The van der Waals surface area contributed by atoms with E-state index in [-0.39, 0.29) is 11.2 Å². The molecule has 1 heterocycles. The molecule has 1 aromatic rings.